The minimum absolute atomic E-state index is 0.223. The molecule has 0 radical (unpaired) electrons. The Balaban J connectivity index is 1.55. The minimum atomic E-state index is -3.68. The number of aromatic nitrogens is 4. The van der Waals surface area contributed by atoms with Gasteiger partial charge in [0, 0.05) is 46.8 Å². The van der Waals surface area contributed by atoms with E-state index in [0.717, 1.165) is 16.9 Å². The SMILES string of the molecule is Cc1ccc(Nc2nc(Nc3ccc(-n4ccnc4)cc3)ncc2C)cc1S(=O)(=O)NC(C)(C)C. The van der Waals surface area contributed by atoms with Crippen LogP contribution in [0, 0.1) is 13.8 Å². The summed E-state index contributed by atoms with van der Waals surface area (Å²) in [5, 5.41) is 6.44. The first-order valence-electron chi connectivity index (χ1n) is 11.1. The molecule has 0 fully saturated rings. The molecule has 182 valence electrons. The van der Waals surface area contributed by atoms with Gasteiger partial charge in [0.15, 0.2) is 0 Å². The maximum Gasteiger partial charge on any atom is 0.241 e. The molecule has 0 aliphatic rings. The van der Waals surface area contributed by atoms with Crippen LogP contribution in [0.2, 0.25) is 0 Å². The molecule has 0 spiro atoms. The van der Waals surface area contributed by atoms with E-state index in [1.807, 2.05) is 68.8 Å². The summed E-state index contributed by atoms with van der Waals surface area (Å²) in [7, 11) is -3.68. The van der Waals surface area contributed by atoms with Gasteiger partial charge in [0.25, 0.3) is 0 Å². The van der Waals surface area contributed by atoms with Crippen molar-refractivity contribution in [2.45, 2.75) is 45.1 Å². The van der Waals surface area contributed by atoms with Gasteiger partial charge in [0.2, 0.25) is 16.0 Å². The molecule has 4 rings (SSSR count). The summed E-state index contributed by atoms with van der Waals surface area (Å²) in [5.74, 6) is 0.997. The monoisotopic (exact) mass is 491 g/mol. The summed E-state index contributed by atoms with van der Waals surface area (Å²) in [6, 6.07) is 13.0. The quantitative estimate of drug-likeness (QED) is 0.339. The lowest BCUT2D eigenvalue weighted by molar-refractivity contribution is 0.491. The predicted octanol–water partition coefficient (Wildman–Crippen LogP) is 4.84. The highest BCUT2D eigenvalue weighted by Crippen LogP contribution is 2.26. The van der Waals surface area contributed by atoms with Gasteiger partial charge in [0.05, 0.1) is 11.2 Å². The zero-order valence-corrected chi connectivity index (χ0v) is 21.2. The van der Waals surface area contributed by atoms with E-state index in [1.165, 1.54) is 0 Å². The lowest BCUT2D eigenvalue weighted by Gasteiger charge is -2.21. The maximum atomic E-state index is 12.9. The summed E-state index contributed by atoms with van der Waals surface area (Å²) < 4.78 is 30.5. The van der Waals surface area contributed by atoms with Gasteiger partial charge in [0.1, 0.15) is 5.82 Å². The van der Waals surface area contributed by atoms with Crippen LogP contribution in [0.25, 0.3) is 5.69 Å². The van der Waals surface area contributed by atoms with E-state index in [0.29, 0.717) is 23.0 Å². The molecule has 0 aliphatic carbocycles. The van der Waals surface area contributed by atoms with Crippen molar-refractivity contribution in [3.63, 3.8) is 0 Å². The van der Waals surface area contributed by atoms with Gasteiger partial charge in [-0.1, -0.05) is 6.07 Å². The molecular formula is C25H29N7O2S. The summed E-state index contributed by atoms with van der Waals surface area (Å²) in [6.45, 7) is 9.10. The largest absolute Gasteiger partial charge is 0.340 e. The fourth-order valence-corrected chi connectivity index (χ4v) is 5.14. The molecule has 2 heterocycles. The lowest BCUT2D eigenvalue weighted by Crippen LogP contribution is -2.40. The number of benzene rings is 2. The molecule has 10 heteroatoms. The van der Waals surface area contributed by atoms with Gasteiger partial charge >= 0.3 is 0 Å². The average molecular weight is 492 g/mol. The van der Waals surface area contributed by atoms with Crippen LogP contribution in [0.15, 0.2) is 72.3 Å². The highest BCUT2D eigenvalue weighted by molar-refractivity contribution is 7.89. The Morgan fingerprint density at radius 2 is 1.63 bits per heavy atom. The molecular weight excluding hydrogens is 462 g/mol. The van der Waals surface area contributed by atoms with E-state index in [1.54, 1.807) is 37.8 Å². The topological polar surface area (TPSA) is 114 Å². The molecule has 0 saturated heterocycles. The van der Waals surface area contributed by atoms with Crippen LogP contribution >= 0.6 is 0 Å². The van der Waals surface area contributed by atoms with Gasteiger partial charge in [-0.2, -0.15) is 4.98 Å². The number of sulfonamides is 1. The smallest absolute Gasteiger partial charge is 0.241 e. The Labute approximate surface area is 205 Å². The Morgan fingerprint density at radius 1 is 0.914 bits per heavy atom. The van der Waals surface area contributed by atoms with E-state index in [9.17, 15) is 8.42 Å². The summed E-state index contributed by atoms with van der Waals surface area (Å²) in [4.78, 5) is 13.3. The molecule has 0 aliphatic heterocycles. The maximum absolute atomic E-state index is 12.9. The predicted molar refractivity (Wildman–Crippen MR) is 138 cm³/mol. The third kappa shape index (κ3) is 6.03. The van der Waals surface area contributed by atoms with E-state index < -0.39 is 15.6 Å². The third-order valence-electron chi connectivity index (χ3n) is 5.08. The van der Waals surface area contributed by atoms with Crippen molar-refractivity contribution in [1.82, 2.24) is 24.2 Å². The first-order valence-corrected chi connectivity index (χ1v) is 12.6. The van der Waals surface area contributed by atoms with Crippen molar-refractivity contribution in [2.24, 2.45) is 0 Å². The molecule has 0 unspecified atom stereocenters. The van der Waals surface area contributed by atoms with E-state index >= 15 is 0 Å². The second-order valence-electron chi connectivity index (χ2n) is 9.33. The zero-order valence-electron chi connectivity index (χ0n) is 20.4. The number of imidazole rings is 1. The molecule has 0 bridgehead atoms. The van der Waals surface area contributed by atoms with Crippen molar-refractivity contribution < 1.29 is 8.42 Å². The fraction of sp³-hybridized carbons (Fsp3) is 0.240. The first-order chi connectivity index (χ1) is 16.5. The number of anilines is 4. The number of rotatable bonds is 7. The van der Waals surface area contributed by atoms with Gasteiger partial charge < -0.3 is 15.2 Å². The Bertz CT molecular complexity index is 1430. The van der Waals surface area contributed by atoms with Gasteiger partial charge in [-0.25, -0.2) is 23.1 Å². The van der Waals surface area contributed by atoms with Crippen molar-refractivity contribution in [2.75, 3.05) is 10.6 Å². The van der Waals surface area contributed by atoms with Crippen molar-refractivity contribution in [3.05, 3.63) is 78.5 Å². The molecule has 2 aromatic heterocycles. The molecule has 0 amide bonds. The Kier molecular flexibility index (Phi) is 6.60. The van der Waals surface area contributed by atoms with Crippen LogP contribution < -0.4 is 15.4 Å². The van der Waals surface area contributed by atoms with Crippen molar-refractivity contribution >= 4 is 33.2 Å². The second kappa shape index (κ2) is 9.47. The zero-order chi connectivity index (χ0) is 25.2. The lowest BCUT2D eigenvalue weighted by atomic mass is 10.1. The van der Waals surface area contributed by atoms with E-state index in [2.05, 4.69) is 30.3 Å². The number of hydrogen-bond donors (Lipinski definition) is 3. The third-order valence-corrected chi connectivity index (χ3v) is 6.98. The fourth-order valence-electron chi connectivity index (χ4n) is 3.45. The summed E-state index contributed by atoms with van der Waals surface area (Å²) in [5.41, 5.74) is 3.33. The highest BCUT2D eigenvalue weighted by Gasteiger charge is 2.24. The van der Waals surface area contributed by atoms with Crippen LogP contribution in [-0.2, 0) is 10.0 Å². The molecule has 3 N–H and O–H groups in total. The number of nitrogens with one attached hydrogen (secondary N) is 3. The van der Waals surface area contributed by atoms with Gasteiger partial charge in [-0.05, 0) is 76.6 Å². The first kappa shape index (κ1) is 24.4. The molecule has 2 aromatic carbocycles. The number of aryl methyl sites for hydroxylation is 2. The van der Waals surface area contributed by atoms with Crippen LogP contribution in [0.1, 0.15) is 31.9 Å². The Morgan fingerprint density at radius 3 is 2.29 bits per heavy atom. The molecule has 35 heavy (non-hydrogen) atoms. The van der Waals surface area contributed by atoms with Crippen LogP contribution in [0.4, 0.5) is 23.1 Å². The van der Waals surface area contributed by atoms with Crippen molar-refractivity contribution in [1.29, 1.82) is 0 Å². The summed E-state index contributed by atoms with van der Waals surface area (Å²) in [6.07, 6.45) is 7.06. The van der Waals surface area contributed by atoms with Crippen LogP contribution in [-0.4, -0.2) is 33.5 Å². The van der Waals surface area contributed by atoms with Crippen LogP contribution in [0.5, 0.6) is 0 Å². The normalized spacial score (nSPS) is 11.9. The molecule has 0 atom stereocenters. The highest BCUT2D eigenvalue weighted by atomic mass is 32.2. The van der Waals surface area contributed by atoms with E-state index in [4.69, 9.17) is 0 Å². The van der Waals surface area contributed by atoms with E-state index in [-0.39, 0.29) is 4.90 Å². The molecule has 9 nitrogen and oxygen atoms in total. The summed E-state index contributed by atoms with van der Waals surface area (Å²) >= 11 is 0. The number of hydrogen-bond acceptors (Lipinski definition) is 7. The Hall–Kier alpha value is -3.76. The molecule has 4 aromatic rings. The van der Waals surface area contributed by atoms with Crippen LogP contribution in [0.3, 0.4) is 0 Å². The second-order valence-corrected chi connectivity index (χ2v) is 11.0. The number of nitrogens with zero attached hydrogens (tertiary/aromatic N) is 4. The standard InChI is InChI=1S/C25H29N7O2S/c1-17-6-7-20(14-22(17)35(33,34)31-25(3,4)5)28-23-18(2)15-27-24(30-23)29-19-8-10-21(11-9-19)32-13-12-26-16-32/h6-16,31H,1-5H3,(H2,27,28,29,30). The van der Waals surface area contributed by atoms with Gasteiger partial charge in [-0.15, -0.1) is 0 Å². The average Bonchev–Trinajstić information content (AvgIpc) is 3.31. The van der Waals surface area contributed by atoms with Crippen molar-refractivity contribution in [3.8, 4) is 5.69 Å². The molecule has 0 saturated carbocycles. The van der Waals surface area contributed by atoms with Gasteiger partial charge in [-0.3, -0.25) is 0 Å². The minimum Gasteiger partial charge on any atom is -0.340 e.